The zero-order chi connectivity index (χ0) is 19.9. The van der Waals surface area contributed by atoms with Crippen LogP contribution in [-0.2, 0) is 4.79 Å². The van der Waals surface area contributed by atoms with Gasteiger partial charge in [-0.2, -0.15) is 0 Å². The first-order valence-corrected chi connectivity index (χ1v) is 11.9. The summed E-state index contributed by atoms with van der Waals surface area (Å²) in [6.45, 7) is 7.10. The molecule has 0 saturated heterocycles. The number of hydrogen-bond donors (Lipinski definition) is 2. The van der Waals surface area contributed by atoms with E-state index in [1.807, 2.05) is 6.92 Å². The van der Waals surface area contributed by atoms with Gasteiger partial charge in [0.1, 0.15) is 0 Å². The first kappa shape index (κ1) is 21.1. The van der Waals surface area contributed by atoms with Crippen LogP contribution in [0.25, 0.3) is 0 Å². The van der Waals surface area contributed by atoms with Gasteiger partial charge in [-0.05, 0) is 49.3 Å². The number of hydrogen-bond acceptors (Lipinski definition) is 6. The molecule has 1 amide bonds. The monoisotopic (exact) mass is 418 g/mol. The Kier molecular flexibility index (Phi) is 7.73. The van der Waals surface area contributed by atoms with Crippen molar-refractivity contribution in [3.63, 3.8) is 0 Å². The summed E-state index contributed by atoms with van der Waals surface area (Å²) in [5.41, 5.74) is 2.31. The average Bonchev–Trinajstić information content (AvgIpc) is 3.14. The molecule has 0 spiro atoms. The SMILES string of the molecule is CC(C)c1ccc(Nc2nnc(S[C@@H](C)C(=O)NCC3CCCCC3)s2)cc1. The molecule has 28 heavy (non-hydrogen) atoms. The predicted molar refractivity (Wildman–Crippen MR) is 119 cm³/mol. The highest BCUT2D eigenvalue weighted by Crippen LogP contribution is 2.31. The maximum absolute atomic E-state index is 12.4. The Hall–Kier alpha value is -1.60. The van der Waals surface area contributed by atoms with Crippen molar-refractivity contribution in [1.29, 1.82) is 0 Å². The summed E-state index contributed by atoms with van der Waals surface area (Å²) < 4.78 is 0.807. The van der Waals surface area contributed by atoms with Crippen LogP contribution in [0.15, 0.2) is 28.6 Å². The fourth-order valence-electron chi connectivity index (χ4n) is 3.37. The van der Waals surface area contributed by atoms with E-state index in [1.165, 1.54) is 60.8 Å². The molecule has 0 radical (unpaired) electrons. The molecule has 1 aliphatic rings. The Labute approximate surface area is 176 Å². The highest BCUT2D eigenvalue weighted by atomic mass is 32.2. The molecule has 0 unspecified atom stereocenters. The second-order valence-electron chi connectivity index (χ2n) is 7.78. The van der Waals surface area contributed by atoms with Gasteiger partial charge in [-0.25, -0.2) is 0 Å². The molecule has 1 aliphatic carbocycles. The van der Waals surface area contributed by atoms with Gasteiger partial charge in [0.15, 0.2) is 4.34 Å². The van der Waals surface area contributed by atoms with E-state index in [0.717, 1.165) is 21.7 Å². The largest absolute Gasteiger partial charge is 0.355 e. The smallest absolute Gasteiger partial charge is 0.233 e. The quantitative estimate of drug-likeness (QED) is 0.548. The van der Waals surface area contributed by atoms with Crippen molar-refractivity contribution in [1.82, 2.24) is 15.5 Å². The molecule has 1 fully saturated rings. The summed E-state index contributed by atoms with van der Waals surface area (Å²) >= 11 is 2.95. The fourth-order valence-corrected chi connectivity index (χ4v) is 5.31. The molecule has 1 aromatic carbocycles. The van der Waals surface area contributed by atoms with Crippen molar-refractivity contribution >= 4 is 39.8 Å². The van der Waals surface area contributed by atoms with Crippen molar-refractivity contribution in [2.75, 3.05) is 11.9 Å². The molecule has 2 aromatic rings. The number of anilines is 2. The number of carbonyl (C=O) groups excluding carboxylic acids is 1. The molecule has 152 valence electrons. The third kappa shape index (κ3) is 6.21. The molecule has 5 nitrogen and oxygen atoms in total. The van der Waals surface area contributed by atoms with Crippen molar-refractivity contribution in [2.24, 2.45) is 5.92 Å². The van der Waals surface area contributed by atoms with E-state index in [1.54, 1.807) is 0 Å². The lowest BCUT2D eigenvalue weighted by molar-refractivity contribution is -0.120. The number of carbonyl (C=O) groups is 1. The topological polar surface area (TPSA) is 66.9 Å². The Balaban J connectivity index is 1.47. The lowest BCUT2D eigenvalue weighted by Gasteiger charge is -2.22. The average molecular weight is 419 g/mol. The second kappa shape index (κ2) is 10.3. The van der Waals surface area contributed by atoms with Crippen molar-refractivity contribution < 1.29 is 4.79 Å². The normalized spacial score (nSPS) is 16.1. The molecule has 1 aromatic heterocycles. The Morgan fingerprint density at radius 2 is 1.86 bits per heavy atom. The maximum Gasteiger partial charge on any atom is 0.233 e. The Bertz CT molecular complexity index is 754. The molecular formula is C21H30N4OS2. The minimum atomic E-state index is -0.172. The highest BCUT2D eigenvalue weighted by Gasteiger charge is 2.19. The number of thioether (sulfide) groups is 1. The maximum atomic E-state index is 12.4. The van der Waals surface area contributed by atoms with Crippen LogP contribution in [0.5, 0.6) is 0 Å². The number of nitrogens with one attached hydrogen (secondary N) is 2. The number of aromatic nitrogens is 2. The van der Waals surface area contributed by atoms with Gasteiger partial charge in [0.2, 0.25) is 11.0 Å². The van der Waals surface area contributed by atoms with Crippen molar-refractivity contribution in [3.05, 3.63) is 29.8 Å². The van der Waals surface area contributed by atoms with E-state index >= 15 is 0 Å². The summed E-state index contributed by atoms with van der Waals surface area (Å²) in [7, 11) is 0. The zero-order valence-corrected chi connectivity index (χ0v) is 18.5. The van der Waals surface area contributed by atoms with Gasteiger partial charge >= 0.3 is 0 Å². The Morgan fingerprint density at radius 1 is 1.14 bits per heavy atom. The molecule has 1 heterocycles. The third-order valence-electron chi connectivity index (χ3n) is 5.17. The minimum absolute atomic E-state index is 0.0876. The summed E-state index contributed by atoms with van der Waals surface area (Å²) in [5, 5.41) is 15.4. The molecule has 1 atom stereocenters. The van der Waals surface area contributed by atoms with E-state index in [0.29, 0.717) is 11.8 Å². The number of benzene rings is 1. The van der Waals surface area contributed by atoms with Gasteiger partial charge in [0, 0.05) is 12.2 Å². The van der Waals surface area contributed by atoms with Gasteiger partial charge in [-0.15, -0.1) is 10.2 Å². The minimum Gasteiger partial charge on any atom is -0.355 e. The van der Waals surface area contributed by atoms with Gasteiger partial charge in [-0.3, -0.25) is 4.79 Å². The van der Waals surface area contributed by atoms with Gasteiger partial charge < -0.3 is 10.6 Å². The summed E-state index contributed by atoms with van der Waals surface area (Å²) in [6, 6.07) is 8.38. The van der Waals surface area contributed by atoms with Crippen LogP contribution in [0.3, 0.4) is 0 Å². The summed E-state index contributed by atoms with van der Waals surface area (Å²) in [6.07, 6.45) is 6.42. The van der Waals surface area contributed by atoms with Crippen LogP contribution in [-0.4, -0.2) is 27.9 Å². The molecular weight excluding hydrogens is 388 g/mol. The summed E-state index contributed by atoms with van der Waals surface area (Å²) in [5.74, 6) is 1.25. The number of nitrogens with zero attached hydrogens (tertiary/aromatic N) is 2. The summed E-state index contributed by atoms with van der Waals surface area (Å²) in [4.78, 5) is 12.4. The van der Waals surface area contributed by atoms with Gasteiger partial charge in [0.25, 0.3) is 0 Å². The molecule has 3 rings (SSSR count). The first-order chi connectivity index (χ1) is 13.5. The number of amides is 1. The van der Waals surface area contributed by atoms with Gasteiger partial charge in [0.05, 0.1) is 5.25 Å². The van der Waals surface area contributed by atoms with Crippen LogP contribution in [0, 0.1) is 5.92 Å². The second-order valence-corrected chi connectivity index (χ2v) is 10.3. The molecule has 7 heteroatoms. The standard InChI is InChI=1S/C21H30N4OS2/c1-14(2)17-9-11-18(12-10-17)23-20-24-25-21(28-20)27-15(3)19(26)22-13-16-7-5-4-6-8-16/h9-12,14-16H,4-8,13H2,1-3H3,(H,22,26)(H,23,24)/t15-/m0/s1. The molecule has 0 bridgehead atoms. The van der Waals surface area contributed by atoms with Crippen molar-refractivity contribution in [2.45, 2.75) is 68.4 Å². The van der Waals surface area contributed by atoms with E-state index in [4.69, 9.17) is 0 Å². The number of rotatable bonds is 8. The lowest BCUT2D eigenvalue weighted by atomic mass is 9.89. The Morgan fingerprint density at radius 3 is 2.54 bits per heavy atom. The fraction of sp³-hybridized carbons (Fsp3) is 0.571. The highest BCUT2D eigenvalue weighted by molar-refractivity contribution is 8.02. The van der Waals surface area contributed by atoms with Crippen LogP contribution >= 0.6 is 23.1 Å². The third-order valence-corrected chi connectivity index (χ3v) is 7.19. The van der Waals surface area contributed by atoms with E-state index < -0.39 is 0 Å². The first-order valence-electron chi connectivity index (χ1n) is 10.2. The molecule has 2 N–H and O–H groups in total. The molecule has 0 aliphatic heterocycles. The van der Waals surface area contributed by atoms with Crippen LogP contribution < -0.4 is 10.6 Å². The van der Waals surface area contributed by atoms with Crippen LogP contribution in [0.4, 0.5) is 10.8 Å². The lowest BCUT2D eigenvalue weighted by Crippen LogP contribution is -2.35. The van der Waals surface area contributed by atoms with Crippen LogP contribution in [0.1, 0.15) is 64.4 Å². The molecule has 1 saturated carbocycles. The zero-order valence-electron chi connectivity index (χ0n) is 16.9. The van der Waals surface area contributed by atoms with Crippen LogP contribution in [0.2, 0.25) is 0 Å². The van der Waals surface area contributed by atoms with Gasteiger partial charge in [-0.1, -0.05) is 68.3 Å². The van der Waals surface area contributed by atoms with Crippen molar-refractivity contribution in [3.8, 4) is 0 Å². The van der Waals surface area contributed by atoms with E-state index in [2.05, 4.69) is 58.9 Å². The van der Waals surface area contributed by atoms with E-state index in [-0.39, 0.29) is 11.2 Å². The van der Waals surface area contributed by atoms with E-state index in [9.17, 15) is 4.79 Å². The predicted octanol–water partition coefficient (Wildman–Crippen LogP) is 5.58.